The van der Waals surface area contributed by atoms with Crippen LogP contribution in [0.15, 0.2) is 24.3 Å². The van der Waals surface area contributed by atoms with Crippen molar-refractivity contribution >= 4 is 11.6 Å². The summed E-state index contributed by atoms with van der Waals surface area (Å²) in [6.07, 6.45) is 1.34. The standard InChI is InChI=1S/C14H22N2O2/c1-12-4-6-13(7-5-12)15-10-8-14(17)16-9-3-11-18-2/h4-7,15H,3,8-11H2,1-2H3,(H,16,17). The third-order valence-electron chi connectivity index (χ3n) is 2.58. The van der Waals surface area contributed by atoms with Gasteiger partial charge in [0, 0.05) is 38.9 Å². The van der Waals surface area contributed by atoms with Crippen molar-refractivity contribution in [3.8, 4) is 0 Å². The van der Waals surface area contributed by atoms with E-state index in [1.807, 2.05) is 24.3 Å². The molecule has 0 bridgehead atoms. The molecular weight excluding hydrogens is 228 g/mol. The van der Waals surface area contributed by atoms with Gasteiger partial charge in [0.25, 0.3) is 0 Å². The zero-order chi connectivity index (χ0) is 13.2. The number of rotatable bonds is 8. The van der Waals surface area contributed by atoms with Crippen molar-refractivity contribution in [2.45, 2.75) is 19.8 Å². The molecule has 0 radical (unpaired) electrons. The molecule has 0 aliphatic heterocycles. The fraction of sp³-hybridized carbons (Fsp3) is 0.500. The summed E-state index contributed by atoms with van der Waals surface area (Å²) >= 11 is 0. The number of carbonyl (C=O) groups excluding carboxylic acids is 1. The highest BCUT2D eigenvalue weighted by Crippen LogP contribution is 2.08. The lowest BCUT2D eigenvalue weighted by Gasteiger charge is -2.07. The predicted octanol–water partition coefficient (Wildman–Crippen LogP) is 1.95. The first-order chi connectivity index (χ1) is 8.72. The molecule has 0 saturated heterocycles. The summed E-state index contributed by atoms with van der Waals surface area (Å²) in [6.45, 7) is 4.06. The van der Waals surface area contributed by atoms with Crippen molar-refractivity contribution in [3.63, 3.8) is 0 Å². The minimum absolute atomic E-state index is 0.0747. The van der Waals surface area contributed by atoms with Crippen LogP contribution < -0.4 is 10.6 Å². The minimum atomic E-state index is 0.0747. The molecule has 2 N–H and O–H groups in total. The molecule has 0 unspecified atom stereocenters. The van der Waals surface area contributed by atoms with Crippen LogP contribution >= 0.6 is 0 Å². The normalized spacial score (nSPS) is 10.1. The van der Waals surface area contributed by atoms with Gasteiger partial charge in [-0.2, -0.15) is 0 Å². The van der Waals surface area contributed by atoms with Crippen LogP contribution in [0.4, 0.5) is 5.69 Å². The molecule has 1 aromatic rings. The first-order valence-electron chi connectivity index (χ1n) is 6.28. The lowest BCUT2D eigenvalue weighted by molar-refractivity contribution is -0.120. The fourth-order valence-corrected chi connectivity index (χ4v) is 1.52. The SMILES string of the molecule is COCCCNC(=O)CCNc1ccc(C)cc1. The van der Waals surface area contributed by atoms with Crippen LogP contribution in [0, 0.1) is 6.92 Å². The van der Waals surface area contributed by atoms with Crippen molar-refractivity contribution < 1.29 is 9.53 Å². The van der Waals surface area contributed by atoms with Crippen LogP contribution in [-0.4, -0.2) is 32.7 Å². The maximum Gasteiger partial charge on any atom is 0.221 e. The van der Waals surface area contributed by atoms with Crippen LogP contribution in [-0.2, 0) is 9.53 Å². The van der Waals surface area contributed by atoms with Gasteiger partial charge in [0.15, 0.2) is 0 Å². The van der Waals surface area contributed by atoms with Crippen molar-refractivity contribution in [1.29, 1.82) is 0 Å². The van der Waals surface area contributed by atoms with E-state index in [0.717, 1.165) is 12.1 Å². The largest absolute Gasteiger partial charge is 0.385 e. The molecule has 0 saturated carbocycles. The number of hydrogen-bond acceptors (Lipinski definition) is 3. The molecule has 1 amide bonds. The van der Waals surface area contributed by atoms with Crippen LogP contribution in [0.25, 0.3) is 0 Å². The van der Waals surface area contributed by atoms with Crippen LogP contribution in [0.3, 0.4) is 0 Å². The molecule has 0 atom stereocenters. The summed E-state index contributed by atoms with van der Waals surface area (Å²) in [7, 11) is 1.66. The quantitative estimate of drug-likeness (QED) is 0.693. The van der Waals surface area contributed by atoms with Gasteiger partial charge in [0.2, 0.25) is 5.91 Å². The van der Waals surface area contributed by atoms with Gasteiger partial charge < -0.3 is 15.4 Å². The fourth-order valence-electron chi connectivity index (χ4n) is 1.52. The number of anilines is 1. The first kappa shape index (κ1) is 14.5. The molecule has 100 valence electrons. The predicted molar refractivity (Wildman–Crippen MR) is 73.8 cm³/mol. The molecule has 0 fully saturated rings. The Morgan fingerprint density at radius 3 is 2.61 bits per heavy atom. The third kappa shape index (κ3) is 6.25. The molecule has 0 aliphatic rings. The molecule has 0 aromatic heterocycles. The van der Waals surface area contributed by atoms with E-state index in [4.69, 9.17) is 4.74 Å². The van der Waals surface area contributed by atoms with Gasteiger partial charge in [-0.05, 0) is 25.5 Å². The van der Waals surface area contributed by atoms with E-state index < -0.39 is 0 Å². The van der Waals surface area contributed by atoms with Gasteiger partial charge in [-0.1, -0.05) is 17.7 Å². The molecule has 0 spiro atoms. The van der Waals surface area contributed by atoms with Gasteiger partial charge in [-0.25, -0.2) is 0 Å². The smallest absolute Gasteiger partial charge is 0.221 e. The summed E-state index contributed by atoms with van der Waals surface area (Å²) in [4.78, 5) is 11.5. The van der Waals surface area contributed by atoms with E-state index in [9.17, 15) is 4.79 Å². The van der Waals surface area contributed by atoms with E-state index in [1.165, 1.54) is 5.56 Å². The van der Waals surface area contributed by atoms with Gasteiger partial charge in [-0.15, -0.1) is 0 Å². The Hall–Kier alpha value is -1.55. The van der Waals surface area contributed by atoms with Crippen molar-refractivity contribution in [1.82, 2.24) is 5.32 Å². The topological polar surface area (TPSA) is 50.4 Å². The Labute approximate surface area is 109 Å². The van der Waals surface area contributed by atoms with Crippen LogP contribution in [0.1, 0.15) is 18.4 Å². The first-order valence-corrected chi connectivity index (χ1v) is 6.28. The highest BCUT2D eigenvalue weighted by Gasteiger charge is 2.00. The molecular formula is C14H22N2O2. The number of hydrogen-bond donors (Lipinski definition) is 2. The Bertz CT molecular complexity index is 349. The highest BCUT2D eigenvalue weighted by atomic mass is 16.5. The van der Waals surface area contributed by atoms with E-state index in [2.05, 4.69) is 17.6 Å². The number of carbonyl (C=O) groups is 1. The maximum absolute atomic E-state index is 11.5. The Kier molecular flexibility index (Phi) is 6.87. The summed E-state index contributed by atoms with van der Waals surface area (Å²) < 4.78 is 4.91. The number of benzene rings is 1. The summed E-state index contributed by atoms with van der Waals surface area (Å²) in [5.41, 5.74) is 2.28. The molecule has 1 aromatic carbocycles. The number of nitrogens with one attached hydrogen (secondary N) is 2. The molecule has 0 aliphatic carbocycles. The van der Waals surface area contributed by atoms with E-state index in [0.29, 0.717) is 26.1 Å². The number of ether oxygens (including phenoxy) is 1. The van der Waals surface area contributed by atoms with E-state index in [1.54, 1.807) is 7.11 Å². The monoisotopic (exact) mass is 250 g/mol. The van der Waals surface area contributed by atoms with E-state index >= 15 is 0 Å². The molecule has 4 heteroatoms. The zero-order valence-electron chi connectivity index (χ0n) is 11.2. The van der Waals surface area contributed by atoms with Gasteiger partial charge in [0.1, 0.15) is 0 Å². The van der Waals surface area contributed by atoms with Crippen molar-refractivity contribution in [2.24, 2.45) is 0 Å². The average Bonchev–Trinajstić information content (AvgIpc) is 2.37. The second-order valence-corrected chi connectivity index (χ2v) is 4.24. The molecule has 4 nitrogen and oxygen atoms in total. The van der Waals surface area contributed by atoms with Gasteiger partial charge in [-0.3, -0.25) is 4.79 Å². The summed E-state index contributed by atoms with van der Waals surface area (Å²) in [5.74, 6) is 0.0747. The lowest BCUT2D eigenvalue weighted by Crippen LogP contribution is -2.26. The van der Waals surface area contributed by atoms with Gasteiger partial charge >= 0.3 is 0 Å². The number of amides is 1. The van der Waals surface area contributed by atoms with Crippen LogP contribution in [0.2, 0.25) is 0 Å². The summed E-state index contributed by atoms with van der Waals surface area (Å²) in [6, 6.07) is 8.14. The lowest BCUT2D eigenvalue weighted by atomic mass is 10.2. The number of methoxy groups -OCH3 is 1. The van der Waals surface area contributed by atoms with E-state index in [-0.39, 0.29) is 5.91 Å². The second kappa shape index (κ2) is 8.53. The van der Waals surface area contributed by atoms with Crippen molar-refractivity contribution in [2.75, 3.05) is 32.1 Å². The molecule has 1 rings (SSSR count). The zero-order valence-corrected chi connectivity index (χ0v) is 11.2. The second-order valence-electron chi connectivity index (χ2n) is 4.24. The summed E-state index contributed by atoms with van der Waals surface area (Å²) in [5, 5.41) is 6.07. The minimum Gasteiger partial charge on any atom is -0.385 e. The van der Waals surface area contributed by atoms with Crippen molar-refractivity contribution in [3.05, 3.63) is 29.8 Å². The Morgan fingerprint density at radius 2 is 1.94 bits per heavy atom. The molecule has 0 heterocycles. The Balaban J connectivity index is 2.10. The number of aryl methyl sites for hydroxylation is 1. The maximum atomic E-state index is 11.5. The molecule has 18 heavy (non-hydrogen) atoms. The average molecular weight is 250 g/mol. The third-order valence-corrected chi connectivity index (χ3v) is 2.58. The van der Waals surface area contributed by atoms with Crippen LogP contribution in [0.5, 0.6) is 0 Å². The highest BCUT2D eigenvalue weighted by molar-refractivity contribution is 5.76. The Morgan fingerprint density at radius 1 is 1.22 bits per heavy atom. The van der Waals surface area contributed by atoms with Gasteiger partial charge in [0.05, 0.1) is 0 Å².